The van der Waals surface area contributed by atoms with Gasteiger partial charge in [0.1, 0.15) is 6.61 Å². The van der Waals surface area contributed by atoms with Gasteiger partial charge < -0.3 is 20.1 Å². The summed E-state index contributed by atoms with van der Waals surface area (Å²) in [4.78, 5) is 13.9. The van der Waals surface area contributed by atoms with Crippen LogP contribution in [0.1, 0.15) is 31.7 Å². The zero-order valence-corrected chi connectivity index (χ0v) is 13.9. The monoisotopic (exact) mass is 320 g/mol. The zero-order valence-electron chi connectivity index (χ0n) is 13.9. The van der Waals surface area contributed by atoms with Gasteiger partial charge in [0, 0.05) is 25.7 Å². The van der Waals surface area contributed by atoms with Gasteiger partial charge in [-0.1, -0.05) is 37.3 Å². The van der Waals surface area contributed by atoms with Crippen LogP contribution in [0.5, 0.6) is 0 Å². The fourth-order valence-corrected chi connectivity index (χ4v) is 3.20. The van der Waals surface area contributed by atoms with Crippen LogP contribution < -0.4 is 5.32 Å². The van der Waals surface area contributed by atoms with E-state index < -0.39 is 0 Å². The molecule has 0 saturated carbocycles. The van der Waals surface area contributed by atoms with Crippen molar-refractivity contribution in [3.8, 4) is 0 Å². The maximum Gasteiger partial charge on any atom is 0.410 e. The molecule has 1 atom stereocenters. The smallest absolute Gasteiger partial charge is 0.410 e. The third-order valence-corrected chi connectivity index (χ3v) is 4.48. The Kier molecular flexibility index (Phi) is 7.36. The largest absolute Gasteiger partial charge is 0.445 e. The maximum atomic E-state index is 12.1. The number of rotatable bonds is 7. The van der Waals surface area contributed by atoms with Gasteiger partial charge >= 0.3 is 6.09 Å². The van der Waals surface area contributed by atoms with Crippen LogP contribution in [0, 0.1) is 5.92 Å². The van der Waals surface area contributed by atoms with Crippen molar-refractivity contribution in [2.24, 2.45) is 5.92 Å². The molecule has 0 aliphatic carbocycles. The van der Waals surface area contributed by atoms with E-state index in [1.165, 1.54) is 0 Å². The van der Waals surface area contributed by atoms with Gasteiger partial charge in [-0.2, -0.15) is 0 Å². The third-order valence-electron chi connectivity index (χ3n) is 4.48. The minimum atomic E-state index is -0.227. The summed E-state index contributed by atoms with van der Waals surface area (Å²) in [6.07, 6.45) is 2.46. The molecule has 128 valence electrons. The lowest BCUT2D eigenvalue weighted by Crippen LogP contribution is -2.45. The summed E-state index contributed by atoms with van der Waals surface area (Å²) in [6, 6.07) is 10.1. The Morgan fingerprint density at radius 1 is 1.35 bits per heavy atom. The number of aliphatic hydroxyl groups excluding tert-OH is 1. The summed E-state index contributed by atoms with van der Waals surface area (Å²) >= 11 is 0. The number of carbonyl (C=O) groups is 1. The minimum absolute atomic E-state index is 0.205. The molecular weight excluding hydrogens is 292 g/mol. The minimum Gasteiger partial charge on any atom is -0.445 e. The number of nitrogens with one attached hydrogen (secondary N) is 1. The number of amides is 1. The van der Waals surface area contributed by atoms with Gasteiger partial charge in [0.2, 0.25) is 0 Å². The second-order valence-corrected chi connectivity index (χ2v) is 6.04. The average Bonchev–Trinajstić information content (AvgIpc) is 2.60. The van der Waals surface area contributed by atoms with Gasteiger partial charge in [-0.25, -0.2) is 4.79 Å². The van der Waals surface area contributed by atoms with Crippen LogP contribution in [0.15, 0.2) is 30.3 Å². The number of likely N-dealkylation sites (tertiary alicyclic amines) is 1. The molecule has 0 bridgehead atoms. The van der Waals surface area contributed by atoms with E-state index in [0.29, 0.717) is 18.6 Å². The normalized spacial score (nSPS) is 17.0. The van der Waals surface area contributed by atoms with Crippen molar-refractivity contribution in [2.45, 2.75) is 38.8 Å². The van der Waals surface area contributed by atoms with E-state index in [9.17, 15) is 9.90 Å². The first-order chi connectivity index (χ1) is 11.2. The second kappa shape index (κ2) is 9.53. The molecule has 1 aliphatic rings. The molecule has 1 amide bonds. The van der Waals surface area contributed by atoms with E-state index >= 15 is 0 Å². The van der Waals surface area contributed by atoms with Crippen molar-refractivity contribution < 1.29 is 14.6 Å². The van der Waals surface area contributed by atoms with Crippen LogP contribution in [0.3, 0.4) is 0 Å². The zero-order chi connectivity index (χ0) is 16.5. The number of hydrogen-bond acceptors (Lipinski definition) is 4. The molecule has 1 aromatic rings. The van der Waals surface area contributed by atoms with Crippen molar-refractivity contribution in [1.82, 2.24) is 10.2 Å². The van der Waals surface area contributed by atoms with E-state index in [1.54, 1.807) is 4.90 Å². The molecule has 5 nitrogen and oxygen atoms in total. The van der Waals surface area contributed by atoms with Gasteiger partial charge in [-0.15, -0.1) is 0 Å². The molecule has 0 aromatic heterocycles. The Labute approximate surface area is 138 Å². The Bertz CT molecular complexity index is 453. The van der Waals surface area contributed by atoms with Crippen molar-refractivity contribution in [2.75, 3.05) is 26.2 Å². The van der Waals surface area contributed by atoms with E-state index in [4.69, 9.17) is 4.74 Å². The highest BCUT2D eigenvalue weighted by Gasteiger charge is 2.28. The molecule has 23 heavy (non-hydrogen) atoms. The number of aliphatic hydroxyl groups is 1. The number of nitrogens with zero attached hydrogens (tertiary/aromatic N) is 1. The molecule has 2 N–H and O–H groups in total. The molecule has 5 heteroatoms. The van der Waals surface area contributed by atoms with E-state index in [-0.39, 0.29) is 12.7 Å². The molecule has 2 rings (SSSR count). The highest BCUT2D eigenvalue weighted by molar-refractivity contribution is 5.67. The van der Waals surface area contributed by atoms with Crippen LogP contribution in [-0.2, 0) is 11.3 Å². The summed E-state index contributed by atoms with van der Waals surface area (Å²) in [5.74, 6) is 0.514. The fraction of sp³-hybridized carbons (Fsp3) is 0.611. The van der Waals surface area contributed by atoms with Crippen LogP contribution in [-0.4, -0.2) is 48.4 Å². The Hall–Kier alpha value is -1.59. The summed E-state index contributed by atoms with van der Waals surface area (Å²) in [7, 11) is 0. The standard InChI is InChI=1S/C18H28N2O3/c1-2-19-17(10-13-21)16-8-11-20(12-9-16)18(22)23-14-15-6-4-3-5-7-15/h3-7,16-17,19,21H,2,8-14H2,1H3/t17-/m1/s1. The van der Waals surface area contributed by atoms with E-state index in [1.807, 2.05) is 30.3 Å². The van der Waals surface area contributed by atoms with E-state index in [0.717, 1.165) is 44.5 Å². The molecule has 1 saturated heterocycles. The van der Waals surface area contributed by atoms with Gasteiger partial charge in [0.25, 0.3) is 0 Å². The average molecular weight is 320 g/mol. The topological polar surface area (TPSA) is 61.8 Å². The SMILES string of the molecule is CCN[C@H](CCO)C1CCN(C(=O)OCc2ccccc2)CC1. The molecule has 1 aliphatic heterocycles. The lowest BCUT2D eigenvalue weighted by Gasteiger charge is -2.35. The molecule has 0 unspecified atom stereocenters. The van der Waals surface area contributed by atoms with Crippen LogP contribution in [0.4, 0.5) is 4.79 Å². The van der Waals surface area contributed by atoms with E-state index in [2.05, 4.69) is 12.2 Å². The van der Waals surface area contributed by atoms with Crippen molar-refractivity contribution >= 4 is 6.09 Å². The number of carbonyl (C=O) groups excluding carboxylic acids is 1. The highest BCUT2D eigenvalue weighted by atomic mass is 16.6. The van der Waals surface area contributed by atoms with Gasteiger partial charge in [0.05, 0.1) is 0 Å². The summed E-state index contributed by atoms with van der Waals surface area (Å²) < 4.78 is 5.39. The second-order valence-electron chi connectivity index (χ2n) is 6.04. The van der Waals surface area contributed by atoms with Crippen LogP contribution in [0.25, 0.3) is 0 Å². The summed E-state index contributed by atoms with van der Waals surface area (Å²) in [6.45, 7) is 4.98. The Balaban J connectivity index is 1.75. The molecule has 1 fully saturated rings. The molecule has 1 heterocycles. The van der Waals surface area contributed by atoms with Gasteiger partial charge in [0.15, 0.2) is 0 Å². The molecular formula is C18H28N2O3. The predicted octanol–water partition coefficient (Wildman–Crippen LogP) is 2.40. The number of benzene rings is 1. The van der Waals surface area contributed by atoms with Crippen molar-refractivity contribution in [3.05, 3.63) is 35.9 Å². The van der Waals surface area contributed by atoms with Gasteiger partial charge in [-0.3, -0.25) is 0 Å². The highest BCUT2D eigenvalue weighted by Crippen LogP contribution is 2.23. The fourth-order valence-electron chi connectivity index (χ4n) is 3.20. The first kappa shape index (κ1) is 17.8. The quantitative estimate of drug-likeness (QED) is 0.810. The Morgan fingerprint density at radius 2 is 2.04 bits per heavy atom. The lowest BCUT2D eigenvalue weighted by atomic mass is 9.88. The molecule has 1 aromatic carbocycles. The maximum absolute atomic E-state index is 12.1. The van der Waals surface area contributed by atoms with Gasteiger partial charge in [-0.05, 0) is 37.3 Å². The molecule has 0 radical (unpaired) electrons. The number of hydrogen-bond donors (Lipinski definition) is 2. The number of piperidine rings is 1. The summed E-state index contributed by atoms with van der Waals surface area (Å²) in [5, 5.41) is 12.6. The van der Waals surface area contributed by atoms with Crippen molar-refractivity contribution in [1.29, 1.82) is 0 Å². The predicted molar refractivity (Wildman–Crippen MR) is 90.1 cm³/mol. The number of ether oxygens (including phenoxy) is 1. The third kappa shape index (κ3) is 5.52. The van der Waals surface area contributed by atoms with Crippen LogP contribution in [0.2, 0.25) is 0 Å². The van der Waals surface area contributed by atoms with Crippen LogP contribution >= 0.6 is 0 Å². The first-order valence-corrected chi connectivity index (χ1v) is 8.54. The summed E-state index contributed by atoms with van der Waals surface area (Å²) in [5.41, 5.74) is 1.01. The Morgan fingerprint density at radius 3 is 2.65 bits per heavy atom. The first-order valence-electron chi connectivity index (χ1n) is 8.54. The van der Waals surface area contributed by atoms with Crippen molar-refractivity contribution in [3.63, 3.8) is 0 Å². The molecule has 0 spiro atoms. The lowest BCUT2D eigenvalue weighted by molar-refractivity contribution is 0.0764.